The summed E-state index contributed by atoms with van der Waals surface area (Å²) in [6.45, 7) is 2.12. The molecule has 0 amide bonds. The van der Waals surface area contributed by atoms with E-state index in [2.05, 4.69) is 19.1 Å². The Morgan fingerprint density at radius 3 is 1.67 bits per heavy atom. The number of hydrogen-bond acceptors (Lipinski definition) is 0. The zero-order valence-corrected chi connectivity index (χ0v) is 20.1. The number of rotatable bonds is 11. The Bertz CT molecular complexity index is 445. The average molecular weight is 419 g/mol. The van der Waals surface area contributed by atoms with Gasteiger partial charge in [0.1, 0.15) is 0 Å². The summed E-state index contributed by atoms with van der Waals surface area (Å²) in [7, 11) is 0. The monoisotopic (exact) mass is 418 g/mol. The molecule has 3 aliphatic carbocycles. The van der Waals surface area contributed by atoms with Crippen LogP contribution in [-0.2, 0) is 0 Å². The van der Waals surface area contributed by atoms with Gasteiger partial charge in [-0.3, -0.25) is 4.39 Å². The quantitative estimate of drug-likeness (QED) is 0.231. The van der Waals surface area contributed by atoms with E-state index in [1.807, 2.05) is 0 Å². The minimum absolute atomic E-state index is 0.199. The first-order chi connectivity index (χ1) is 14.8. The Morgan fingerprint density at radius 1 is 0.633 bits per heavy atom. The normalized spacial score (nSPS) is 35.7. The highest BCUT2D eigenvalue weighted by Crippen LogP contribution is 2.46. The molecule has 0 aromatic rings. The molecule has 0 spiro atoms. The highest BCUT2D eigenvalue weighted by Gasteiger charge is 2.34. The largest absolute Gasteiger partial charge is 0.251 e. The Labute approximate surface area is 187 Å². The molecule has 0 saturated heterocycles. The van der Waals surface area contributed by atoms with Gasteiger partial charge in [0.25, 0.3) is 0 Å². The number of allylic oxidation sites excluding steroid dienone is 2. The van der Waals surface area contributed by atoms with E-state index in [4.69, 9.17) is 0 Å². The predicted molar refractivity (Wildman–Crippen MR) is 129 cm³/mol. The van der Waals surface area contributed by atoms with E-state index in [1.54, 1.807) is 12.8 Å². The summed E-state index contributed by atoms with van der Waals surface area (Å²) in [6.07, 6.45) is 31.7. The summed E-state index contributed by atoms with van der Waals surface area (Å²) in [5, 5.41) is 0. The van der Waals surface area contributed by atoms with Crippen LogP contribution in [0.5, 0.6) is 0 Å². The van der Waals surface area contributed by atoms with Crippen molar-refractivity contribution < 1.29 is 4.39 Å². The van der Waals surface area contributed by atoms with Crippen LogP contribution in [0.3, 0.4) is 0 Å². The molecule has 0 atom stereocenters. The average Bonchev–Trinajstić information content (AvgIpc) is 2.80. The van der Waals surface area contributed by atoms with Gasteiger partial charge < -0.3 is 0 Å². The van der Waals surface area contributed by atoms with E-state index < -0.39 is 0 Å². The fourth-order valence-electron chi connectivity index (χ4n) is 7.23. The lowest BCUT2D eigenvalue weighted by atomic mass is 9.65. The van der Waals surface area contributed by atoms with Gasteiger partial charge >= 0.3 is 0 Å². The Morgan fingerprint density at radius 2 is 1.13 bits per heavy atom. The smallest absolute Gasteiger partial charge is 0.0928 e. The van der Waals surface area contributed by atoms with Gasteiger partial charge in [-0.25, -0.2) is 0 Å². The van der Waals surface area contributed by atoms with E-state index in [1.165, 1.54) is 103 Å². The minimum Gasteiger partial charge on any atom is -0.251 e. The molecule has 3 fully saturated rings. The first-order valence-electron chi connectivity index (χ1n) is 14.0. The summed E-state index contributed by atoms with van der Waals surface area (Å²) >= 11 is 0. The summed E-state index contributed by atoms with van der Waals surface area (Å²) in [5.41, 5.74) is 0. The van der Waals surface area contributed by atoms with E-state index in [0.717, 1.165) is 35.5 Å². The van der Waals surface area contributed by atoms with Gasteiger partial charge in [0.2, 0.25) is 0 Å². The van der Waals surface area contributed by atoms with E-state index in [9.17, 15) is 4.39 Å². The Kier molecular flexibility index (Phi) is 11.3. The van der Waals surface area contributed by atoms with Crippen molar-refractivity contribution in [1.82, 2.24) is 0 Å². The maximum absolute atomic E-state index is 12.3. The van der Waals surface area contributed by atoms with E-state index in [-0.39, 0.29) is 6.67 Å². The van der Waals surface area contributed by atoms with Crippen LogP contribution in [0.4, 0.5) is 4.39 Å². The lowest BCUT2D eigenvalue weighted by Gasteiger charge is -2.41. The van der Waals surface area contributed by atoms with Crippen LogP contribution in [0, 0.1) is 35.5 Å². The standard InChI is InChI=1S/C29H51F/c1-2-3-4-5-6-9-24-11-15-26(16-12-24)28-19-21-29(22-20-28)27-17-13-25(14-18-27)10-7-8-23-30/h7,10,24-29H,2-6,8-9,11-23H2,1H3/t24-,25-,26-,27-,28-,29-. The third-order valence-electron chi connectivity index (χ3n) is 9.26. The molecule has 0 bridgehead atoms. The molecule has 3 rings (SSSR count). The molecule has 0 nitrogen and oxygen atoms in total. The van der Waals surface area contributed by atoms with Crippen molar-refractivity contribution in [3.05, 3.63) is 12.2 Å². The van der Waals surface area contributed by atoms with Gasteiger partial charge in [0.05, 0.1) is 6.67 Å². The zero-order chi connectivity index (χ0) is 21.0. The van der Waals surface area contributed by atoms with Gasteiger partial charge in [-0.05, 0) is 106 Å². The van der Waals surface area contributed by atoms with Crippen LogP contribution in [-0.4, -0.2) is 6.67 Å². The number of hydrogen-bond donors (Lipinski definition) is 0. The zero-order valence-electron chi connectivity index (χ0n) is 20.1. The summed E-state index contributed by atoms with van der Waals surface area (Å²) in [6, 6.07) is 0. The molecule has 0 radical (unpaired) electrons. The molecule has 0 heterocycles. The number of unbranched alkanes of at least 4 members (excludes halogenated alkanes) is 4. The molecule has 30 heavy (non-hydrogen) atoms. The molecule has 0 aromatic heterocycles. The van der Waals surface area contributed by atoms with Gasteiger partial charge in [0, 0.05) is 0 Å². The second-order valence-corrected chi connectivity index (χ2v) is 11.2. The van der Waals surface area contributed by atoms with Crippen LogP contribution in [0.25, 0.3) is 0 Å². The van der Waals surface area contributed by atoms with Crippen molar-refractivity contribution in [3.8, 4) is 0 Å². The SMILES string of the molecule is CCCCCCC[C@H]1CC[C@H]([C@H]2CC[C@H]([C@H]3CC[C@H](C=CCCF)CC3)CC2)CC1. The molecule has 0 unspecified atom stereocenters. The Balaban J connectivity index is 1.27. The van der Waals surface area contributed by atoms with Crippen molar-refractivity contribution >= 4 is 0 Å². The topological polar surface area (TPSA) is 0 Å². The second-order valence-electron chi connectivity index (χ2n) is 11.2. The van der Waals surface area contributed by atoms with Gasteiger partial charge in [-0.1, -0.05) is 70.4 Å². The molecule has 0 aromatic carbocycles. The number of alkyl halides is 1. The fraction of sp³-hybridized carbons (Fsp3) is 0.931. The molecule has 174 valence electrons. The highest BCUT2D eigenvalue weighted by atomic mass is 19.1. The molecular weight excluding hydrogens is 367 g/mol. The molecular formula is C29H51F. The molecule has 0 aliphatic heterocycles. The lowest BCUT2D eigenvalue weighted by molar-refractivity contribution is 0.107. The summed E-state index contributed by atoms with van der Waals surface area (Å²) in [4.78, 5) is 0. The van der Waals surface area contributed by atoms with Crippen LogP contribution in [0.1, 0.15) is 129 Å². The molecule has 1 heteroatoms. The van der Waals surface area contributed by atoms with Crippen molar-refractivity contribution in [2.75, 3.05) is 6.67 Å². The third-order valence-corrected chi connectivity index (χ3v) is 9.26. The highest BCUT2D eigenvalue weighted by molar-refractivity contribution is 4.93. The van der Waals surface area contributed by atoms with Crippen molar-refractivity contribution in [2.45, 2.75) is 129 Å². The first kappa shape index (κ1) is 24.3. The van der Waals surface area contributed by atoms with Crippen LogP contribution < -0.4 is 0 Å². The van der Waals surface area contributed by atoms with Crippen molar-refractivity contribution in [1.29, 1.82) is 0 Å². The van der Waals surface area contributed by atoms with Gasteiger partial charge in [0.15, 0.2) is 0 Å². The van der Waals surface area contributed by atoms with Crippen LogP contribution in [0.2, 0.25) is 0 Å². The maximum atomic E-state index is 12.3. The van der Waals surface area contributed by atoms with Crippen LogP contribution >= 0.6 is 0 Å². The number of halogens is 1. The van der Waals surface area contributed by atoms with Crippen molar-refractivity contribution in [3.63, 3.8) is 0 Å². The predicted octanol–water partition coefficient (Wildman–Crippen LogP) is 9.68. The first-order valence-corrected chi connectivity index (χ1v) is 14.0. The Hall–Kier alpha value is -0.330. The molecule has 3 aliphatic rings. The lowest BCUT2D eigenvalue weighted by Crippen LogP contribution is -2.29. The third kappa shape index (κ3) is 7.98. The minimum atomic E-state index is -0.199. The van der Waals surface area contributed by atoms with Gasteiger partial charge in [-0.2, -0.15) is 0 Å². The van der Waals surface area contributed by atoms with Crippen LogP contribution in [0.15, 0.2) is 12.2 Å². The summed E-state index contributed by atoms with van der Waals surface area (Å²) < 4.78 is 12.3. The summed E-state index contributed by atoms with van der Waals surface area (Å²) in [5.74, 6) is 5.96. The maximum Gasteiger partial charge on any atom is 0.0928 e. The van der Waals surface area contributed by atoms with Crippen molar-refractivity contribution in [2.24, 2.45) is 35.5 Å². The van der Waals surface area contributed by atoms with Gasteiger partial charge in [-0.15, -0.1) is 0 Å². The van der Waals surface area contributed by atoms with E-state index >= 15 is 0 Å². The molecule has 3 saturated carbocycles. The second kappa shape index (κ2) is 13.9. The van der Waals surface area contributed by atoms with E-state index in [0.29, 0.717) is 6.42 Å². The fourth-order valence-corrected chi connectivity index (χ4v) is 7.23. The molecule has 0 N–H and O–H groups in total.